The van der Waals surface area contributed by atoms with Gasteiger partial charge in [-0.3, -0.25) is 29.5 Å². The highest BCUT2D eigenvalue weighted by Crippen LogP contribution is 2.66. The van der Waals surface area contributed by atoms with Crippen molar-refractivity contribution in [2.75, 3.05) is 55.7 Å². The number of hydrogen-bond donors (Lipinski definition) is 2. The van der Waals surface area contributed by atoms with Gasteiger partial charge in [0, 0.05) is 47.4 Å². The Morgan fingerprint density at radius 2 is 1.53 bits per heavy atom. The molecule has 3 saturated heterocycles. The van der Waals surface area contributed by atoms with E-state index in [2.05, 4.69) is 10.3 Å². The van der Waals surface area contributed by atoms with E-state index in [4.69, 9.17) is 25.8 Å². The number of aromatic hydroxyl groups is 1. The third-order valence-electron chi connectivity index (χ3n) is 12.6. The van der Waals surface area contributed by atoms with Gasteiger partial charge in [0.2, 0.25) is 11.8 Å². The third-order valence-corrected chi connectivity index (χ3v) is 12.8. The number of ether oxygens (including phenoxy) is 3. The summed E-state index contributed by atoms with van der Waals surface area (Å²) in [6, 6.07) is 22.3. The van der Waals surface area contributed by atoms with E-state index in [9.17, 15) is 23.9 Å². The van der Waals surface area contributed by atoms with Crippen LogP contribution >= 0.6 is 11.6 Å². The number of hydrazine groups is 1. The predicted octanol–water partition coefficient (Wildman–Crippen LogP) is 6.23. The van der Waals surface area contributed by atoms with Gasteiger partial charge in [0.1, 0.15) is 23.1 Å². The Bertz CT molecular complexity index is 2350. The molecule has 12 nitrogen and oxygen atoms in total. The molecule has 4 aromatic rings. The van der Waals surface area contributed by atoms with E-state index in [1.807, 2.05) is 18.2 Å². The fourth-order valence-corrected chi connectivity index (χ4v) is 10.1. The Kier molecular flexibility index (Phi) is 9.39. The first-order valence-electron chi connectivity index (χ1n) is 19.2. The second-order valence-electron chi connectivity index (χ2n) is 15.3. The smallest absolute Gasteiger partial charge is 0.260 e. The summed E-state index contributed by atoms with van der Waals surface area (Å²) in [7, 11) is 2.88. The van der Waals surface area contributed by atoms with Crippen molar-refractivity contribution in [1.82, 2.24) is 5.01 Å². The van der Waals surface area contributed by atoms with E-state index in [0.29, 0.717) is 40.8 Å². The third kappa shape index (κ3) is 5.73. The van der Waals surface area contributed by atoms with Gasteiger partial charge in [0.25, 0.3) is 11.8 Å². The molecule has 1 saturated carbocycles. The number of methoxy groups -OCH3 is 2. The number of fused-ring (bicyclic) bond motifs is 4. The molecule has 0 aromatic heterocycles. The van der Waals surface area contributed by atoms with Gasteiger partial charge >= 0.3 is 0 Å². The number of benzene rings is 4. The zero-order valence-electron chi connectivity index (χ0n) is 31.7. The largest absolute Gasteiger partial charge is 0.507 e. The summed E-state index contributed by atoms with van der Waals surface area (Å²) in [5, 5.41) is 13.3. The summed E-state index contributed by atoms with van der Waals surface area (Å²) < 4.78 is 30.9. The maximum atomic E-state index is 15.5. The van der Waals surface area contributed by atoms with Crippen LogP contribution in [0.4, 0.5) is 21.5 Å². The van der Waals surface area contributed by atoms with Crippen LogP contribution in [-0.2, 0) is 29.3 Å². The maximum absolute atomic E-state index is 15.5. The average molecular weight is 807 g/mol. The first-order valence-corrected chi connectivity index (χ1v) is 19.6. The fraction of sp³-hybridized carbons (Fsp3) is 0.318. The first kappa shape index (κ1) is 37.6. The quantitative estimate of drug-likeness (QED) is 0.156. The van der Waals surface area contributed by atoms with Gasteiger partial charge < -0.3 is 24.2 Å². The van der Waals surface area contributed by atoms with Gasteiger partial charge in [0.05, 0.1) is 62.0 Å². The molecule has 3 heterocycles. The van der Waals surface area contributed by atoms with E-state index in [1.165, 1.54) is 49.5 Å². The zero-order valence-corrected chi connectivity index (χ0v) is 32.4. The number of amides is 4. The van der Waals surface area contributed by atoms with Gasteiger partial charge in [-0.15, -0.1) is 0 Å². The molecule has 58 heavy (non-hydrogen) atoms. The van der Waals surface area contributed by atoms with Crippen LogP contribution in [0.2, 0.25) is 5.02 Å². The monoisotopic (exact) mass is 806 g/mol. The van der Waals surface area contributed by atoms with Crippen molar-refractivity contribution < 1.29 is 42.9 Å². The van der Waals surface area contributed by atoms with Gasteiger partial charge in [0.15, 0.2) is 0 Å². The predicted molar refractivity (Wildman–Crippen MR) is 212 cm³/mol. The van der Waals surface area contributed by atoms with Gasteiger partial charge in [-0.05, 0) is 85.0 Å². The van der Waals surface area contributed by atoms with Crippen LogP contribution in [0.3, 0.4) is 0 Å². The van der Waals surface area contributed by atoms with Crippen LogP contribution in [-0.4, -0.2) is 74.3 Å². The van der Waals surface area contributed by atoms with E-state index in [0.717, 1.165) is 23.8 Å². The fourth-order valence-electron chi connectivity index (χ4n) is 10.0. The number of morpholine rings is 1. The molecule has 6 unspecified atom stereocenters. The van der Waals surface area contributed by atoms with E-state index >= 15 is 4.79 Å². The Hall–Kier alpha value is -5.92. The molecule has 4 aromatic carbocycles. The average Bonchev–Trinajstić information content (AvgIpc) is 3.62. The Morgan fingerprint density at radius 1 is 0.845 bits per heavy atom. The van der Waals surface area contributed by atoms with Gasteiger partial charge in [-0.25, -0.2) is 4.39 Å². The summed E-state index contributed by atoms with van der Waals surface area (Å²) in [5.74, 6) is -6.71. The molecule has 0 radical (unpaired) electrons. The molecule has 4 fully saturated rings. The van der Waals surface area contributed by atoms with E-state index in [-0.39, 0.29) is 41.5 Å². The SMILES string of the molecule is COc1cc(O)c(C2C3=CCC4C(=O)N(c5ccc(N6CCOCC6)cc5)C(=O)C4C3CC3C(=O)N(Nc4ccc(F)cc4)C(=O)C32c2ccc(Cl)cc2)c(OC)c1. The van der Waals surface area contributed by atoms with Gasteiger partial charge in [-0.1, -0.05) is 35.4 Å². The van der Waals surface area contributed by atoms with Crippen molar-refractivity contribution in [2.45, 2.75) is 24.2 Å². The molecule has 6 atom stereocenters. The van der Waals surface area contributed by atoms with Crippen molar-refractivity contribution in [3.8, 4) is 17.2 Å². The molecule has 2 aliphatic carbocycles. The van der Waals surface area contributed by atoms with Crippen LogP contribution < -0.4 is 24.7 Å². The number of allylic oxidation sites excluding steroid dienone is 2. The van der Waals surface area contributed by atoms with Gasteiger partial charge in [-0.2, -0.15) is 5.01 Å². The normalized spacial score (nSPS) is 26.6. The topological polar surface area (TPSA) is 138 Å². The second kappa shape index (κ2) is 14.5. The number of rotatable bonds is 8. The molecule has 298 valence electrons. The highest BCUT2D eigenvalue weighted by molar-refractivity contribution is 6.30. The van der Waals surface area contributed by atoms with Crippen molar-refractivity contribution in [3.05, 3.63) is 119 Å². The molecule has 5 aliphatic rings. The number of anilines is 3. The summed E-state index contributed by atoms with van der Waals surface area (Å²) >= 11 is 6.41. The Morgan fingerprint density at radius 3 is 2.21 bits per heavy atom. The van der Waals surface area contributed by atoms with E-state index in [1.54, 1.807) is 42.5 Å². The lowest BCUT2D eigenvalue weighted by atomic mass is 9.49. The number of phenolic OH excluding ortho intramolecular Hbond substituents is 1. The Labute approximate surface area is 338 Å². The number of carbonyl (C=O) groups excluding carboxylic acids is 4. The van der Waals surface area contributed by atoms with Crippen LogP contribution in [0.15, 0.2) is 96.6 Å². The first-order chi connectivity index (χ1) is 28.1. The van der Waals surface area contributed by atoms with Crippen LogP contribution in [0.1, 0.15) is 29.9 Å². The van der Waals surface area contributed by atoms with Crippen molar-refractivity contribution in [2.24, 2.45) is 23.7 Å². The highest BCUT2D eigenvalue weighted by atomic mass is 35.5. The summed E-state index contributed by atoms with van der Waals surface area (Å²) in [5.41, 5.74) is 4.20. The number of nitrogens with zero attached hydrogens (tertiary/aromatic N) is 3. The molecule has 3 aliphatic heterocycles. The van der Waals surface area contributed by atoms with Crippen LogP contribution in [0.25, 0.3) is 0 Å². The number of imide groups is 2. The minimum Gasteiger partial charge on any atom is -0.507 e. The molecule has 14 heteroatoms. The summed E-state index contributed by atoms with van der Waals surface area (Å²) in [6.07, 6.45) is 2.11. The lowest BCUT2D eigenvalue weighted by molar-refractivity contribution is -0.138. The highest BCUT2D eigenvalue weighted by Gasteiger charge is 2.71. The van der Waals surface area contributed by atoms with Crippen molar-refractivity contribution >= 4 is 52.3 Å². The molecule has 0 spiro atoms. The zero-order chi connectivity index (χ0) is 40.5. The van der Waals surface area contributed by atoms with Crippen LogP contribution in [0, 0.1) is 29.5 Å². The van der Waals surface area contributed by atoms with Crippen molar-refractivity contribution in [1.29, 1.82) is 0 Å². The van der Waals surface area contributed by atoms with Crippen molar-refractivity contribution in [3.63, 3.8) is 0 Å². The molecular weight excluding hydrogens is 767 g/mol. The molecule has 2 N–H and O–H groups in total. The number of phenols is 1. The summed E-state index contributed by atoms with van der Waals surface area (Å²) in [4.78, 5) is 63.0. The standard InChI is InChI=1S/C44H40ClFN4O8/c1-56-30-21-35(51)38(36(22-30)57-2)39-31-15-16-32-37(42(54)49(40(32)52)29-13-11-28(12-14-29)48-17-19-58-20-18-48)33(31)23-34-41(53)50(47-27-9-7-26(46)8-10-27)43(55)44(34,39)24-3-5-25(45)6-4-24/h3-15,21-22,32-34,37,39,47,51H,16-20,23H2,1-2H3. The number of nitrogens with one attached hydrogen (secondary N) is 1. The summed E-state index contributed by atoms with van der Waals surface area (Å²) in [6.45, 7) is 2.68. The molecule has 4 amide bonds. The second-order valence-corrected chi connectivity index (χ2v) is 15.7. The molecular formula is C44H40ClFN4O8. The lowest BCUT2D eigenvalue weighted by Gasteiger charge is -2.50. The number of hydrogen-bond acceptors (Lipinski definition) is 10. The minimum absolute atomic E-state index is 0.0281. The molecule has 0 bridgehead atoms. The Balaban J connectivity index is 1.20. The number of carbonyl (C=O) groups is 4. The van der Waals surface area contributed by atoms with E-state index < -0.39 is 58.5 Å². The minimum atomic E-state index is -1.72. The maximum Gasteiger partial charge on any atom is 0.260 e. The lowest BCUT2D eigenvalue weighted by Crippen LogP contribution is -2.53. The van der Waals surface area contributed by atoms with Crippen LogP contribution in [0.5, 0.6) is 17.2 Å². The molecule has 9 rings (SSSR count). The number of halogens is 2.